The molecule has 2 heterocycles. The van der Waals surface area contributed by atoms with Crippen LogP contribution in [0.3, 0.4) is 0 Å². The molecular weight excluding hydrogens is 520 g/mol. The zero-order chi connectivity index (χ0) is 28.1. The zero-order valence-corrected chi connectivity index (χ0v) is 22.9. The topological polar surface area (TPSA) is 105 Å². The normalized spacial score (nSPS) is 14.8. The standard InChI is InChI=1S/C29H28N2O7S/c1-6-14-37-21-11-9-20(10-12-21)26-25(28(34)36-7-2)17(3)30-29-31(26)27(33)24(39-29)16-19-8-13-22(38-18(4)32)23(15-19)35-5/h6,8-13,15-16,26H,1,7,14H2,2-5H3/b24-16-. The monoisotopic (exact) mass is 548 g/mol. The first-order valence-corrected chi connectivity index (χ1v) is 13.0. The van der Waals surface area contributed by atoms with Crippen LogP contribution in [0.5, 0.6) is 17.2 Å². The molecule has 2 aromatic carbocycles. The number of thiazole rings is 1. The molecule has 0 aliphatic carbocycles. The second-order valence-corrected chi connectivity index (χ2v) is 9.48. The molecule has 0 amide bonds. The number of esters is 2. The lowest BCUT2D eigenvalue weighted by atomic mass is 9.96. The number of rotatable bonds is 9. The molecule has 1 aromatic heterocycles. The van der Waals surface area contributed by atoms with Crippen LogP contribution in [0.2, 0.25) is 0 Å². The third-order valence-corrected chi connectivity index (χ3v) is 6.80. The summed E-state index contributed by atoms with van der Waals surface area (Å²) in [7, 11) is 1.47. The summed E-state index contributed by atoms with van der Waals surface area (Å²) in [5.41, 5.74) is 1.83. The van der Waals surface area contributed by atoms with Crippen LogP contribution in [0, 0.1) is 0 Å². The van der Waals surface area contributed by atoms with Gasteiger partial charge in [-0.25, -0.2) is 9.79 Å². The molecule has 39 heavy (non-hydrogen) atoms. The van der Waals surface area contributed by atoms with Crippen LogP contribution in [0.4, 0.5) is 0 Å². The maximum Gasteiger partial charge on any atom is 0.338 e. The number of nitrogens with zero attached hydrogens (tertiary/aromatic N) is 2. The molecule has 3 aromatic rings. The van der Waals surface area contributed by atoms with Crippen molar-refractivity contribution in [2.24, 2.45) is 4.99 Å². The Hall–Kier alpha value is -4.44. The highest BCUT2D eigenvalue weighted by Crippen LogP contribution is 2.32. The van der Waals surface area contributed by atoms with Crippen LogP contribution in [0.15, 0.2) is 76.2 Å². The van der Waals surface area contributed by atoms with E-state index in [0.717, 1.165) is 0 Å². The van der Waals surface area contributed by atoms with Crippen LogP contribution in [-0.2, 0) is 14.3 Å². The van der Waals surface area contributed by atoms with Crippen molar-refractivity contribution >= 4 is 29.4 Å². The summed E-state index contributed by atoms with van der Waals surface area (Å²) < 4.78 is 23.4. The number of hydrogen-bond donors (Lipinski definition) is 0. The van der Waals surface area contributed by atoms with Gasteiger partial charge in [-0.3, -0.25) is 14.2 Å². The Morgan fingerprint density at radius 2 is 1.90 bits per heavy atom. The van der Waals surface area contributed by atoms with E-state index in [2.05, 4.69) is 11.6 Å². The smallest absolute Gasteiger partial charge is 0.338 e. The maximum absolute atomic E-state index is 13.8. The van der Waals surface area contributed by atoms with Crippen molar-refractivity contribution in [1.82, 2.24) is 4.57 Å². The average Bonchev–Trinajstić information content (AvgIpc) is 3.21. The molecule has 1 atom stereocenters. The first kappa shape index (κ1) is 27.6. The SMILES string of the molecule is C=CCOc1ccc(C2C(C(=O)OCC)=C(C)N=c3s/c(=C\c4ccc(OC(C)=O)c(OC)c4)c(=O)n32)cc1. The van der Waals surface area contributed by atoms with Gasteiger partial charge in [-0.1, -0.05) is 42.2 Å². The molecule has 0 spiro atoms. The van der Waals surface area contributed by atoms with Gasteiger partial charge in [0.15, 0.2) is 16.3 Å². The van der Waals surface area contributed by atoms with E-state index in [-0.39, 0.29) is 17.9 Å². The first-order valence-electron chi connectivity index (χ1n) is 12.2. The van der Waals surface area contributed by atoms with Gasteiger partial charge in [0.1, 0.15) is 12.4 Å². The van der Waals surface area contributed by atoms with Gasteiger partial charge in [0, 0.05) is 6.92 Å². The van der Waals surface area contributed by atoms with Gasteiger partial charge in [-0.05, 0) is 55.3 Å². The van der Waals surface area contributed by atoms with Gasteiger partial charge in [-0.2, -0.15) is 0 Å². The van der Waals surface area contributed by atoms with Gasteiger partial charge in [0.05, 0.1) is 35.6 Å². The maximum atomic E-state index is 13.8. The predicted octanol–water partition coefficient (Wildman–Crippen LogP) is 3.30. The predicted molar refractivity (Wildman–Crippen MR) is 147 cm³/mol. The number of carbonyl (C=O) groups excluding carboxylic acids is 2. The van der Waals surface area contributed by atoms with Crippen LogP contribution >= 0.6 is 11.3 Å². The summed E-state index contributed by atoms with van der Waals surface area (Å²) in [6.45, 7) is 8.96. The van der Waals surface area contributed by atoms with Crippen LogP contribution < -0.4 is 29.1 Å². The van der Waals surface area contributed by atoms with Crippen molar-refractivity contribution in [3.63, 3.8) is 0 Å². The number of fused-ring (bicyclic) bond motifs is 1. The minimum absolute atomic E-state index is 0.187. The largest absolute Gasteiger partial charge is 0.493 e. The highest BCUT2D eigenvalue weighted by molar-refractivity contribution is 7.07. The summed E-state index contributed by atoms with van der Waals surface area (Å²) in [5.74, 6) is 0.261. The van der Waals surface area contributed by atoms with Gasteiger partial charge in [-0.15, -0.1) is 0 Å². The third-order valence-electron chi connectivity index (χ3n) is 5.82. The number of benzene rings is 2. The molecule has 0 bridgehead atoms. The Bertz CT molecular complexity index is 1630. The first-order chi connectivity index (χ1) is 18.8. The molecule has 1 aliphatic rings. The van der Waals surface area contributed by atoms with Gasteiger partial charge in [0.2, 0.25) is 0 Å². The number of methoxy groups -OCH3 is 1. The molecule has 0 saturated carbocycles. The fourth-order valence-electron chi connectivity index (χ4n) is 4.17. The van der Waals surface area contributed by atoms with Gasteiger partial charge < -0.3 is 18.9 Å². The molecule has 4 rings (SSSR count). The second-order valence-electron chi connectivity index (χ2n) is 8.47. The van der Waals surface area contributed by atoms with Crippen LogP contribution in [0.25, 0.3) is 6.08 Å². The van der Waals surface area contributed by atoms with Gasteiger partial charge >= 0.3 is 11.9 Å². The van der Waals surface area contributed by atoms with Gasteiger partial charge in [0.25, 0.3) is 5.56 Å². The quantitative estimate of drug-likeness (QED) is 0.230. The van der Waals surface area contributed by atoms with Crippen molar-refractivity contribution < 1.29 is 28.5 Å². The number of hydrogen-bond acceptors (Lipinski definition) is 9. The van der Waals surface area contributed by atoms with E-state index < -0.39 is 18.0 Å². The Balaban J connectivity index is 1.85. The lowest BCUT2D eigenvalue weighted by molar-refractivity contribution is -0.139. The second kappa shape index (κ2) is 12.0. The Labute approximate surface area is 228 Å². The summed E-state index contributed by atoms with van der Waals surface area (Å²) >= 11 is 1.21. The molecule has 10 heteroatoms. The minimum atomic E-state index is -0.739. The molecule has 1 aliphatic heterocycles. The number of allylic oxidation sites excluding steroid dienone is 1. The Morgan fingerprint density at radius 3 is 2.54 bits per heavy atom. The fraction of sp³-hybridized carbons (Fsp3) is 0.241. The lowest BCUT2D eigenvalue weighted by Crippen LogP contribution is -2.39. The number of aromatic nitrogens is 1. The molecule has 1 unspecified atom stereocenters. The Morgan fingerprint density at radius 1 is 1.15 bits per heavy atom. The van der Waals surface area contributed by atoms with Crippen molar-refractivity contribution in [1.29, 1.82) is 0 Å². The molecule has 202 valence electrons. The fourth-order valence-corrected chi connectivity index (χ4v) is 5.22. The summed E-state index contributed by atoms with van der Waals surface area (Å²) in [4.78, 5) is 43.3. The van der Waals surface area contributed by atoms with E-state index in [0.29, 0.717) is 49.8 Å². The third kappa shape index (κ3) is 5.85. The van der Waals surface area contributed by atoms with E-state index >= 15 is 0 Å². The van der Waals surface area contributed by atoms with Crippen molar-refractivity contribution in [3.8, 4) is 17.2 Å². The molecule has 9 nitrogen and oxygen atoms in total. The zero-order valence-electron chi connectivity index (χ0n) is 22.1. The molecular formula is C29H28N2O7S. The van der Waals surface area contributed by atoms with Crippen LogP contribution in [0.1, 0.15) is 37.9 Å². The number of carbonyl (C=O) groups is 2. The minimum Gasteiger partial charge on any atom is -0.493 e. The summed E-state index contributed by atoms with van der Waals surface area (Å²) in [5, 5.41) is 0. The van der Waals surface area contributed by atoms with Crippen LogP contribution in [-0.4, -0.2) is 36.8 Å². The molecule has 0 radical (unpaired) electrons. The Kier molecular flexibility index (Phi) is 8.46. The lowest BCUT2D eigenvalue weighted by Gasteiger charge is -2.24. The molecule has 0 saturated heterocycles. The van der Waals surface area contributed by atoms with E-state index in [4.69, 9.17) is 18.9 Å². The molecule has 0 fully saturated rings. The average molecular weight is 549 g/mol. The molecule has 0 N–H and O–H groups in total. The van der Waals surface area contributed by atoms with E-state index in [1.54, 1.807) is 56.3 Å². The van der Waals surface area contributed by atoms with E-state index in [1.807, 2.05) is 12.1 Å². The van der Waals surface area contributed by atoms with E-state index in [1.165, 1.54) is 29.9 Å². The highest BCUT2D eigenvalue weighted by Gasteiger charge is 2.33. The number of ether oxygens (including phenoxy) is 4. The van der Waals surface area contributed by atoms with Crippen molar-refractivity contribution in [2.75, 3.05) is 20.3 Å². The van der Waals surface area contributed by atoms with E-state index in [9.17, 15) is 14.4 Å². The highest BCUT2D eigenvalue weighted by atomic mass is 32.1. The van der Waals surface area contributed by atoms with Crippen molar-refractivity contribution in [3.05, 3.63) is 97.2 Å². The summed E-state index contributed by atoms with van der Waals surface area (Å²) in [6.07, 6.45) is 3.35. The summed E-state index contributed by atoms with van der Waals surface area (Å²) in [6, 6.07) is 11.4. The van der Waals surface area contributed by atoms with Crippen molar-refractivity contribution in [2.45, 2.75) is 26.8 Å².